The second kappa shape index (κ2) is 8.09. The van der Waals surface area contributed by atoms with Crippen LogP contribution in [0.3, 0.4) is 0 Å². The molecule has 0 spiro atoms. The maximum atomic E-state index is 6.52. The number of benzene rings is 2. The fourth-order valence-electron chi connectivity index (χ4n) is 4.80. The standard InChI is InChI=1S/C31H27O/c1-20-17-21(2)26-15-16-27(30(26)22(3)18-20)28-19-29(24-11-7-5-8-12-24)32-31(23(28)4)25-13-9-6-10-14-25/h5-19H,1-4H3/q+1. The van der Waals surface area contributed by atoms with Crippen molar-refractivity contribution in [2.24, 2.45) is 0 Å². The Labute approximate surface area is 190 Å². The van der Waals surface area contributed by atoms with Crippen molar-refractivity contribution in [3.8, 4) is 44.9 Å². The van der Waals surface area contributed by atoms with Gasteiger partial charge in [0.2, 0.25) is 0 Å². The van der Waals surface area contributed by atoms with Crippen LogP contribution in [0.4, 0.5) is 0 Å². The zero-order valence-corrected chi connectivity index (χ0v) is 19.1. The number of fused-ring (bicyclic) bond motifs is 1. The molecule has 0 radical (unpaired) electrons. The summed E-state index contributed by atoms with van der Waals surface area (Å²) in [6, 6.07) is 32.1. The van der Waals surface area contributed by atoms with E-state index >= 15 is 0 Å². The molecule has 2 aromatic carbocycles. The minimum Gasteiger partial charge on any atom is -0.206 e. The number of hydrogen-bond donors (Lipinski definition) is 0. The molecule has 0 saturated carbocycles. The Kier molecular flexibility index (Phi) is 5.11. The lowest BCUT2D eigenvalue weighted by molar-refractivity contribution is 0.578. The fourth-order valence-corrected chi connectivity index (χ4v) is 4.80. The van der Waals surface area contributed by atoms with Crippen molar-refractivity contribution in [1.82, 2.24) is 0 Å². The average Bonchev–Trinajstić information content (AvgIpc) is 3.21. The van der Waals surface area contributed by atoms with Gasteiger partial charge < -0.3 is 0 Å². The van der Waals surface area contributed by atoms with E-state index in [-0.39, 0.29) is 0 Å². The summed E-state index contributed by atoms with van der Waals surface area (Å²) in [5.74, 6) is 1.80. The lowest BCUT2D eigenvalue weighted by Crippen LogP contribution is -1.92. The molecule has 2 aliphatic rings. The molecule has 0 atom stereocenters. The Hall–Kier alpha value is -3.71. The molecule has 5 rings (SSSR count). The van der Waals surface area contributed by atoms with Gasteiger partial charge in [-0.15, -0.1) is 0 Å². The molecular formula is C31H27O+. The predicted octanol–water partition coefficient (Wildman–Crippen LogP) is 8.90. The minimum atomic E-state index is 0.880. The highest BCUT2D eigenvalue weighted by atomic mass is 16.3. The van der Waals surface area contributed by atoms with Crippen LogP contribution in [-0.2, 0) is 0 Å². The normalized spacial score (nSPS) is 11.1. The average molecular weight is 416 g/mol. The Morgan fingerprint density at radius 2 is 1.12 bits per heavy atom. The quantitative estimate of drug-likeness (QED) is 0.268. The molecular weight excluding hydrogens is 388 g/mol. The van der Waals surface area contributed by atoms with Crippen molar-refractivity contribution in [2.45, 2.75) is 27.7 Å². The van der Waals surface area contributed by atoms with Crippen LogP contribution in [0.25, 0.3) is 44.9 Å². The van der Waals surface area contributed by atoms with Gasteiger partial charge in [-0.3, -0.25) is 0 Å². The first-order chi connectivity index (χ1) is 15.5. The van der Waals surface area contributed by atoms with Gasteiger partial charge in [-0.1, -0.05) is 66.2 Å². The van der Waals surface area contributed by atoms with E-state index in [0.717, 1.165) is 28.2 Å². The Morgan fingerprint density at radius 3 is 1.81 bits per heavy atom. The van der Waals surface area contributed by atoms with E-state index in [1.807, 2.05) is 12.1 Å². The molecule has 1 heteroatoms. The zero-order valence-electron chi connectivity index (χ0n) is 19.1. The van der Waals surface area contributed by atoms with Crippen molar-refractivity contribution in [3.05, 3.63) is 113 Å². The van der Waals surface area contributed by atoms with Crippen LogP contribution in [0.15, 0.2) is 95.4 Å². The molecule has 1 aromatic heterocycles. The third-order valence-corrected chi connectivity index (χ3v) is 6.28. The molecule has 2 aliphatic carbocycles. The van der Waals surface area contributed by atoms with E-state index in [2.05, 4.69) is 107 Å². The highest BCUT2D eigenvalue weighted by molar-refractivity contribution is 5.93. The third kappa shape index (κ3) is 3.50. The van der Waals surface area contributed by atoms with Crippen LogP contribution in [0.1, 0.15) is 22.3 Å². The molecule has 32 heavy (non-hydrogen) atoms. The Bertz CT molecular complexity index is 1380. The van der Waals surface area contributed by atoms with Crippen LogP contribution in [0.2, 0.25) is 0 Å². The van der Waals surface area contributed by atoms with Gasteiger partial charge in [0.1, 0.15) is 0 Å². The van der Waals surface area contributed by atoms with E-state index in [0.29, 0.717) is 0 Å². The molecule has 1 heterocycles. The molecule has 0 fully saturated rings. The van der Waals surface area contributed by atoms with E-state index in [9.17, 15) is 0 Å². The molecule has 0 aliphatic heterocycles. The lowest BCUT2D eigenvalue weighted by atomic mass is 9.92. The number of aryl methyl sites for hydroxylation is 3. The zero-order chi connectivity index (χ0) is 22.2. The smallest absolute Gasteiger partial charge is 0.206 e. The molecule has 156 valence electrons. The minimum absolute atomic E-state index is 0.880. The second-order valence-electron chi connectivity index (χ2n) is 8.64. The van der Waals surface area contributed by atoms with Crippen molar-refractivity contribution in [2.75, 3.05) is 0 Å². The van der Waals surface area contributed by atoms with Gasteiger partial charge in [-0.05, 0) is 79.8 Å². The van der Waals surface area contributed by atoms with Gasteiger partial charge in [0.15, 0.2) is 0 Å². The monoisotopic (exact) mass is 415 g/mol. The Balaban J connectivity index is 1.83. The maximum absolute atomic E-state index is 6.52. The van der Waals surface area contributed by atoms with Crippen LogP contribution in [0.5, 0.6) is 0 Å². The summed E-state index contributed by atoms with van der Waals surface area (Å²) in [4.78, 5) is 0. The van der Waals surface area contributed by atoms with Gasteiger partial charge in [0.05, 0.1) is 22.8 Å². The first-order valence-electron chi connectivity index (χ1n) is 11.1. The SMILES string of the molecule is Cc1cc(C)c2ccc(-c3cc(-c4ccccc4)[o+]c(-c4ccccc4)c3C)c-2c(C)c1. The summed E-state index contributed by atoms with van der Waals surface area (Å²) < 4.78 is 6.52. The molecule has 0 amide bonds. The molecule has 1 nitrogen and oxygen atoms in total. The lowest BCUT2D eigenvalue weighted by Gasteiger charge is -2.10. The second-order valence-corrected chi connectivity index (χ2v) is 8.64. The first-order valence-corrected chi connectivity index (χ1v) is 11.1. The topological polar surface area (TPSA) is 11.3 Å². The van der Waals surface area contributed by atoms with Gasteiger partial charge in [-0.2, -0.15) is 0 Å². The summed E-state index contributed by atoms with van der Waals surface area (Å²) in [6.45, 7) is 8.77. The molecule has 0 N–H and O–H groups in total. The third-order valence-electron chi connectivity index (χ3n) is 6.28. The van der Waals surface area contributed by atoms with Crippen LogP contribution in [-0.4, -0.2) is 0 Å². The van der Waals surface area contributed by atoms with Crippen molar-refractivity contribution >= 4 is 0 Å². The number of hydrogen-bond acceptors (Lipinski definition) is 0. The highest BCUT2D eigenvalue weighted by Crippen LogP contribution is 2.44. The van der Waals surface area contributed by atoms with E-state index in [1.165, 1.54) is 38.9 Å². The summed E-state index contributed by atoms with van der Waals surface area (Å²) in [5, 5.41) is 0. The maximum Gasteiger partial charge on any atom is 0.364 e. The molecule has 0 saturated heterocycles. The van der Waals surface area contributed by atoms with Crippen molar-refractivity contribution in [1.29, 1.82) is 0 Å². The highest BCUT2D eigenvalue weighted by Gasteiger charge is 2.27. The molecule has 3 aromatic rings. The first kappa shape index (κ1) is 20.2. The summed E-state index contributed by atoms with van der Waals surface area (Å²) in [5.41, 5.74) is 12.3. The van der Waals surface area contributed by atoms with Crippen molar-refractivity contribution < 1.29 is 4.42 Å². The Morgan fingerprint density at radius 1 is 0.531 bits per heavy atom. The van der Waals surface area contributed by atoms with Gasteiger partial charge in [0.25, 0.3) is 0 Å². The molecule has 0 bridgehead atoms. The van der Waals surface area contributed by atoms with E-state index in [1.54, 1.807) is 0 Å². The van der Waals surface area contributed by atoms with Gasteiger partial charge in [0, 0.05) is 5.56 Å². The van der Waals surface area contributed by atoms with Crippen LogP contribution in [0, 0.1) is 27.7 Å². The predicted molar refractivity (Wildman–Crippen MR) is 135 cm³/mol. The summed E-state index contributed by atoms with van der Waals surface area (Å²) in [7, 11) is 0. The number of rotatable bonds is 3. The van der Waals surface area contributed by atoms with Gasteiger partial charge in [-0.25, -0.2) is 4.42 Å². The largest absolute Gasteiger partial charge is 0.364 e. The summed E-state index contributed by atoms with van der Waals surface area (Å²) >= 11 is 0. The van der Waals surface area contributed by atoms with E-state index < -0.39 is 0 Å². The van der Waals surface area contributed by atoms with Gasteiger partial charge >= 0.3 is 11.5 Å². The van der Waals surface area contributed by atoms with Crippen molar-refractivity contribution in [3.63, 3.8) is 0 Å². The fraction of sp³-hybridized carbons (Fsp3) is 0.129. The summed E-state index contributed by atoms with van der Waals surface area (Å²) in [6.07, 6.45) is 0. The molecule has 0 unspecified atom stereocenters. The van der Waals surface area contributed by atoms with Crippen LogP contribution < -0.4 is 0 Å². The van der Waals surface area contributed by atoms with Crippen LogP contribution >= 0.6 is 0 Å². The van der Waals surface area contributed by atoms with E-state index in [4.69, 9.17) is 4.42 Å².